The highest BCUT2D eigenvalue weighted by Crippen LogP contribution is 2.13. The van der Waals surface area contributed by atoms with E-state index in [9.17, 15) is 4.79 Å². The number of carbonyl (C=O) groups is 1. The molecule has 1 aliphatic rings. The molecular formula is C20H27ClIN5O2. The Bertz CT molecular complexity index is 834. The number of aliphatic imine (C=N–C) groups is 1. The van der Waals surface area contributed by atoms with Crippen molar-refractivity contribution < 1.29 is 9.32 Å². The first-order chi connectivity index (χ1) is 13.6. The fourth-order valence-corrected chi connectivity index (χ4v) is 3.42. The highest BCUT2D eigenvalue weighted by Gasteiger charge is 2.23. The van der Waals surface area contributed by atoms with Gasteiger partial charge in [0.1, 0.15) is 0 Å². The van der Waals surface area contributed by atoms with E-state index in [0.29, 0.717) is 31.1 Å². The van der Waals surface area contributed by atoms with Crippen molar-refractivity contribution >= 4 is 47.4 Å². The second kappa shape index (κ2) is 11.4. The molecule has 2 heterocycles. The molecule has 3 rings (SSSR count). The van der Waals surface area contributed by atoms with Gasteiger partial charge in [0.25, 0.3) is 0 Å². The Kier molecular flexibility index (Phi) is 9.22. The molecule has 1 N–H and O–H groups in total. The Morgan fingerprint density at radius 1 is 1.24 bits per heavy atom. The number of guanidine groups is 1. The van der Waals surface area contributed by atoms with Gasteiger partial charge in [-0.05, 0) is 24.1 Å². The summed E-state index contributed by atoms with van der Waals surface area (Å²) in [5.74, 6) is 1.71. The molecule has 0 aliphatic carbocycles. The molecule has 0 radical (unpaired) electrons. The summed E-state index contributed by atoms with van der Waals surface area (Å²) in [5.41, 5.74) is 1.88. The summed E-state index contributed by atoms with van der Waals surface area (Å²) < 4.78 is 5.30. The van der Waals surface area contributed by atoms with Gasteiger partial charge in [0, 0.05) is 44.3 Å². The lowest BCUT2D eigenvalue weighted by Crippen LogP contribution is -2.53. The number of aryl methyl sites for hydroxylation is 1. The summed E-state index contributed by atoms with van der Waals surface area (Å²) in [6, 6.07) is 9.41. The number of piperazine rings is 1. The molecule has 158 valence electrons. The van der Waals surface area contributed by atoms with Crippen LogP contribution in [0.25, 0.3) is 0 Å². The van der Waals surface area contributed by atoms with Crippen molar-refractivity contribution in [3.8, 4) is 0 Å². The van der Waals surface area contributed by atoms with Gasteiger partial charge in [-0.3, -0.25) is 9.79 Å². The fourth-order valence-electron chi connectivity index (χ4n) is 3.21. The van der Waals surface area contributed by atoms with Crippen LogP contribution in [0.1, 0.15) is 23.9 Å². The number of nitrogens with one attached hydrogen (secondary N) is 1. The molecular weight excluding hydrogens is 505 g/mol. The van der Waals surface area contributed by atoms with Gasteiger partial charge < -0.3 is 19.6 Å². The largest absolute Gasteiger partial charge is 0.359 e. The van der Waals surface area contributed by atoms with Crippen LogP contribution in [-0.4, -0.2) is 60.0 Å². The summed E-state index contributed by atoms with van der Waals surface area (Å²) in [4.78, 5) is 21.0. The fraction of sp³-hybridized carbons (Fsp3) is 0.450. The number of aromatic nitrogens is 1. The van der Waals surface area contributed by atoms with Gasteiger partial charge in [-0.2, -0.15) is 0 Å². The molecule has 0 atom stereocenters. The number of carbonyl (C=O) groups excluding carboxylic acids is 1. The zero-order valence-electron chi connectivity index (χ0n) is 16.7. The number of hydrogen-bond donors (Lipinski definition) is 1. The lowest BCUT2D eigenvalue weighted by atomic mass is 10.1. The minimum Gasteiger partial charge on any atom is -0.359 e. The quantitative estimate of drug-likeness (QED) is 0.365. The smallest absolute Gasteiger partial charge is 0.227 e. The Hall–Kier alpha value is -1.81. The van der Waals surface area contributed by atoms with E-state index in [4.69, 9.17) is 16.1 Å². The number of rotatable bonds is 5. The van der Waals surface area contributed by atoms with E-state index in [2.05, 4.69) is 20.4 Å². The van der Waals surface area contributed by atoms with Crippen molar-refractivity contribution in [2.24, 2.45) is 4.99 Å². The van der Waals surface area contributed by atoms with Crippen LogP contribution in [0.4, 0.5) is 0 Å². The number of amides is 1. The summed E-state index contributed by atoms with van der Waals surface area (Å²) >= 11 is 6.01. The molecule has 1 aromatic heterocycles. The topological polar surface area (TPSA) is 74.0 Å². The highest BCUT2D eigenvalue weighted by molar-refractivity contribution is 14.0. The van der Waals surface area contributed by atoms with Crippen LogP contribution >= 0.6 is 35.6 Å². The van der Waals surface area contributed by atoms with E-state index < -0.39 is 0 Å². The zero-order valence-corrected chi connectivity index (χ0v) is 19.8. The lowest BCUT2D eigenvalue weighted by molar-refractivity contribution is -0.131. The molecule has 1 amide bonds. The Labute approximate surface area is 193 Å². The van der Waals surface area contributed by atoms with Gasteiger partial charge in [0.15, 0.2) is 11.7 Å². The van der Waals surface area contributed by atoms with E-state index in [1.54, 1.807) is 7.05 Å². The van der Waals surface area contributed by atoms with Crippen molar-refractivity contribution in [2.45, 2.75) is 26.3 Å². The molecule has 0 bridgehead atoms. The lowest BCUT2D eigenvalue weighted by Gasteiger charge is -2.36. The second-order valence-corrected chi connectivity index (χ2v) is 7.15. The minimum atomic E-state index is 0. The predicted octanol–water partition coefficient (Wildman–Crippen LogP) is 2.97. The third-order valence-corrected chi connectivity index (χ3v) is 5.01. The summed E-state index contributed by atoms with van der Waals surface area (Å²) in [5, 5.41) is 7.96. The molecule has 1 saturated heterocycles. The van der Waals surface area contributed by atoms with Gasteiger partial charge in [-0.1, -0.05) is 35.8 Å². The zero-order chi connectivity index (χ0) is 19.9. The summed E-state index contributed by atoms with van der Waals surface area (Å²) in [7, 11) is 1.76. The van der Waals surface area contributed by atoms with Crippen molar-refractivity contribution in [1.29, 1.82) is 0 Å². The van der Waals surface area contributed by atoms with E-state index in [1.807, 2.05) is 42.2 Å². The maximum Gasteiger partial charge on any atom is 0.227 e. The second-order valence-electron chi connectivity index (χ2n) is 6.71. The van der Waals surface area contributed by atoms with Crippen LogP contribution in [0.5, 0.6) is 0 Å². The normalized spacial score (nSPS) is 14.5. The number of halogens is 2. The van der Waals surface area contributed by atoms with Crippen LogP contribution < -0.4 is 5.32 Å². The third kappa shape index (κ3) is 6.60. The van der Waals surface area contributed by atoms with Crippen molar-refractivity contribution in [3.63, 3.8) is 0 Å². The van der Waals surface area contributed by atoms with Crippen LogP contribution in [0, 0.1) is 0 Å². The predicted molar refractivity (Wildman–Crippen MR) is 125 cm³/mol. The van der Waals surface area contributed by atoms with E-state index in [1.165, 1.54) is 0 Å². The first-order valence-electron chi connectivity index (χ1n) is 9.51. The molecule has 0 unspecified atom stereocenters. The molecule has 2 aromatic rings. The van der Waals surface area contributed by atoms with Crippen LogP contribution in [0.15, 0.2) is 39.8 Å². The van der Waals surface area contributed by atoms with Gasteiger partial charge in [-0.15, -0.1) is 24.0 Å². The average molecular weight is 532 g/mol. The van der Waals surface area contributed by atoms with Gasteiger partial charge in [0.2, 0.25) is 5.91 Å². The van der Waals surface area contributed by atoms with Crippen molar-refractivity contribution in [2.75, 3.05) is 33.2 Å². The van der Waals surface area contributed by atoms with E-state index in [0.717, 1.165) is 42.5 Å². The Morgan fingerprint density at radius 3 is 2.59 bits per heavy atom. The molecule has 1 aromatic carbocycles. The van der Waals surface area contributed by atoms with E-state index in [-0.39, 0.29) is 29.9 Å². The van der Waals surface area contributed by atoms with Crippen molar-refractivity contribution in [1.82, 2.24) is 20.3 Å². The van der Waals surface area contributed by atoms with Gasteiger partial charge in [0.05, 0.1) is 18.7 Å². The maximum atomic E-state index is 12.6. The molecule has 1 aliphatic heterocycles. The van der Waals surface area contributed by atoms with Crippen molar-refractivity contribution in [3.05, 3.63) is 52.4 Å². The monoisotopic (exact) mass is 531 g/mol. The third-order valence-electron chi connectivity index (χ3n) is 4.78. The number of benzene rings is 1. The molecule has 9 heteroatoms. The molecule has 0 spiro atoms. The maximum absolute atomic E-state index is 12.6. The first kappa shape index (κ1) is 23.5. The number of hydrogen-bond acceptors (Lipinski definition) is 4. The van der Waals surface area contributed by atoms with Crippen LogP contribution in [0.2, 0.25) is 5.02 Å². The summed E-state index contributed by atoms with van der Waals surface area (Å²) in [6.45, 7) is 5.38. The number of nitrogens with zero attached hydrogens (tertiary/aromatic N) is 4. The summed E-state index contributed by atoms with van der Waals surface area (Å²) in [6.07, 6.45) is 1.22. The van der Waals surface area contributed by atoms with Crippen LogP contribution in [0.3, 0.4) is 0 Å². The molecule has 0 saturated carbocycles. The first-order valence-corrected chi connectivity index (χ1v) is 9.89. The average Bonchev–Trinajstić information content (AvgIpc) is 3.17. The van der Waals surface area contributed by atoms with E-state index >= 15 is 0 Å². The van der Waals surface area contributed by atoms with Crippen LogP contribution in [-0.2, 0) is 24.2 Å². The Balaban J connectivity index is 0.00000300. The minimum absolute atomic E-state index is 0. The molecule has 7 nitrogen and oxygen atoms in total. The Morgan fingerprint density at radius 2 is 1.97 bits per heavy atom. The van der Waals surface area contributed by atoms with Gasteiger partial charge in [-0.25, -0.2) is 0 Å². The van der Waals surface area contributed by atoms with Gasteiger partial charge >= 0.3 is 0 Å². The standard InChI is InChI=1S/C20H26ClN5O2.HI/c1-3-17-13-18(28-24-17)14-23-20(22-2)26-9-7-25(8-10-26)19(27)12-15-5-4-6-16(21)11-15;/h4-6,11,13H,3,7-10,12,14H2,1-2H3,(H,22,23);1H. The molecule has 29 heavy (non-hydrogen) atoms. The SMILES string of the molecule is CCc1cc(CNC(=NC)N2CCN(C(=O)Cc3cccc(Cl)c3)CC2)on1.I. The molecule has 1 fully saturated rings. The highest BCUT2D eigenvalue weighted by atomic mass is 127.